The number of pyridine rings is 1. The number of rotatable bonds is 8. The number of amides is 2. The summed E-state index contributed by atoms with van der Waals surface area (Å²) in [6.07, 6.45) is -0.871. The van der Waals surface area contributed by atoms with Gasteiger partial charge in [-0.25, -0.2) is 18.7 Å². The molecule has 0 aliphatic carbocycles. The van der Waals surface area contributed by atoms with Gasteiger partial charge in [0.2, 0.25) is 5.91 Å². The summed E-state index contributed by atoms with van der Waals surface area (Å²) in [4.78, 5) is 36.9. The molecule has 1 fully saturated rings. The Hall–Kier alpha value is -3.44. The number of halogens is 2. The first-order chi connectivity index (χ1) is 16.9. The second-order valence-electron chi connectivity index (χ2n) is 7.95. The molecule has 1 saturated heterocycles. The van der Waals surface area contributed by atoms with Gasteiger partial charge in [-0.1, -0.05) is 24.3 Å². The topological polar surface area (TPSA) is 87.7 Å². The number of piperazine rings is 1. The van der Waals surface area contributed by atoms with E-state index in [1.165, 1.54) is 11.3 Å². The van der Waals surface area contributed by atoms with Crippen molar-refractivity contribution in [2.24, 2.45) is 0 Å². The Morgan fingerprint density at radius 3 is 2.60 bits per heavy atom. The average Bonchev–Trinajstić information content (AvgIpc) is 3.32. The van der Waals surface area contributed by atoms with Crippen LogP contribution in [-0.4, -0.2) is 65.9 Å². The number of nitrogens with one attached hydrogen (secondary N) is 1. The van der Waals surface area contributed by atoms with Crippen LogP contribution in [0, 0.1) is 0 Å². The number of ether oxygens (including phenoxy) is 1. The van der Waals surface area contributed by atoms with Crippen molar-refractivity contribution in [3.05, 3.63) is 59.2 Å². The zero-order valence-electron chi connectivity index (χ0n) is 19.1. The van der Waals surface area contributed by atoms with Gasteiger partial charge >= 0.3 is 0 Å². The van der Waals surface area contributed by atoms with Crippen LogP contribution in [0.15, 0.2) is 48.0 Å². The van der Waals surface area contributed by atoms with Gasteiger partial charge in [-0.15, -0.1) is 11.3 Å². The van der Waals surface area contributed by atoms with Gasteiger partial charge in [0.15, 0.2) is 5.13 Å². The van der Waals surface area contributed by atoms with Crippen molar-refractivity contribution in [3.63, 3.8) is 0 Å². The van der Waals surface area contributed by atoms with E-state index in [9.17, 15) is 18.4 Å². The second kappa shape index (κ2) is 11.3. The standard InChI is InChI=1S/C24H25F2N5O3S/c1-16(32)30-8-10-31(11-9-30)18-6-7-20(27-12-18)23(33)29-24-28-21(15-35-24)19-5-3-2-4-17(19)13-34-14-22(25)26/h2-7,12,15,22H,8-11,13-14H2,1H3,(H,28,29,33). The summed E-state index contributed by atoms with van der Waals surface area (Å²) in [6.45, 7) is 3.72. The number of anilines is 2. The van der Waals surface area contributed by atoms with Gasteiger partial charge in [0.1, 0.15) is 12.3 Å². The molecule has 0 atom stereocenters. The molecule has 11 heteroatoms. The third-order valence-electron chi connectivity index (χ3n) is 5.59. The van der Waals surface area contributed by atoms with Gasteiger partial charge < -0.3 is 14.5 Å². The minimum atomic E-state index is -2.53. The maximum Gasteiger partial charge on any atom is 0.276 e. The van der Waals surface area contributed by atoms with Crippen LogP contribution in [-0.2, 0) is 16.1 Å². The molecule has 0 unspecified atom stereocenters. The Morgan fingerprint density at radius 2 is 1.91 bits per heavy atom. The molecule has 0 radical (unpaired) electrons. The molecule has 0 saturated carbocycles. The number of benzene rings is 1. The van der Waals surface area contributed by atoms with Gasteiger partial charge in [-0.05, 0) is 17.7 Å². The highest BCUT2D eigenvalue weighted by Crippen LogP contribution is 2.28. The Bertz CT molecular complexity index is 1160. The van der Waals surface area contributed by atoms with Crippen LogP contribution in [0.1, 0.15) is 23.0 Å². The van der Waals surface area contributed by atoms with Gasteiger partial charge in [-0.2, -0.15) is 0 Å². The zero-order valence-corrected chi connectivity index (χ0v) is 19.9. The molecule has 1 N–H and O–H groups in total. The number of hydrogen-bond donors (Lipinski definition) is 1. The highest BCUT2D eigenvalue weighted by molar-refractivity contribution is 7.14. The highest BCUT2D eigenvalue weighted by Gasteiger charge is 2.20. The maximum absolute atomic E-state index is 12.7. The number of carbonyl (C=O) groups is 2. The monoisotopic (exact) mass is 501 g/mol. The predicted octanol–water partition coefficient (Wildman–Crippen LogP) is 3.91. The van der Waals surface area contributed by atoms with Crippen LogP contribution >= 0.6 is 11.3 Å². The Labute approximate surface area is 205 Å². The summed E-state index contributed by atoms with van der Waals surface area (Å²) >= 11 is 1.26. The van der Waals surface area contributed by atoms with Crippen LogP contribution < -0.4 is 10.2 Å². The molecule has 4 rings (SSSR count). The quantitative estimate of drug-likeness (QED) is 0.504. The van der Waals surface area contributed by atoms with Gasteiger partial charge in [0, 0.05) is 44.0 Å². The lowest BCUT2D eigenvalue weighted by Crippen LogP contribution is -2.48. The van der Waals surface area contributed by atoms with E-state index in [4.69, 9.17) is 4.74 Å². The van der Waals surface area contributed by atoms with Crippen molar-refractivity contribution in [3.8, 4) is 11.3 Å². The molecule has 2 aromatic heterocycles. The summed E-state index contributed by atoms with van der Waals surface area (Å²) in [5.41, 5.74) is 3.26. The Balaban J connectivity index is 1.37. The van der Waals surface area contributed by atoms with Crippen LogP contribution in [0.3, 0.4) is 0 Å². The molecule has 0 spiro atoms. The lowest BCUT2D eigenvalue weighted by atomic mass is 10.1. The fourth-order valence-electron chi connectivity index (χ4n) is 3.76. The first kappa shape index (κ1) is 24.7. The summed E-state index contributed by atoms with van der Waals surface area (Å²) in [6, 6.07) is 10.8. The summed E-state index contributed by atoms with van der Waals surface area (Å²) in [7, 11) is 0. The number of nitrogens with zero attached hydrogens (tertiary/aromatic N) is 4. The Kier molecular flexibility index (Phi) is 7.98. The molecule has 8 nitrogen and oxygen atoms in total. The van der Waals surface area contributed by atoms with Crippen molar-refractivity contribution >= 4 is 34.0 Å². The van der Waals surface area contributed by atoms with Crippen LogP contribution in [0.25, 0.3) is 11.3 Å². The first-order valence-corrected chi connectivity index (χ1v) is 12.0. The molecule has 1 aromatic carbocycles. The lowest BCUT2D eigenvalue weighted by Gasteiger charge is -2.35. The van der Waals surface area contributed by atoms with Gasteiger partial charge in [0.05, 0.1) is 24.2 Å². The van der Waals surface area contributed by atoms with Gasteiger partial charge in [0.25, 0.3) is 12.3 Å². The van der Waals surface area contributed by atoms with E-state index < -0.39 is 13.0 Å². The van der Waals surface area contributed by atoms with Crippen molar-refractivity contribution < 1.29 is 23.1 Å². The molecule has 184 valence electrons. The van der Waals surface area contributed by atoms with Crippen LogP contribution in [0.5, 0.6) is 0 Å². The number of carbonyl (C=O) groups excluding carboxylic acids is 2. The minimum Gasteiger partial charge on any atom is -0.371 e. The molecule has 35 heavy (non-hydrogen) atoms. The largest absolute Gasteiger partial charge is 0.371 e. The second-order valence-corrected chi connectivity index (χ2v) is 8.81. The van der Waals surface area contributed by atoms with E-state index >= 15 is 0 Å². The lowest BCUT2D eigenvalue weighted by molar-refractivity contribution is -0.129. The van der Waals surface area contributed by atoms with E-state index in [1.807, 2.05) is 23.1 Å². The molecule has 1 aliphatic rings. The molecular weight excluding hydrogens is 476 g/mol. The van der Waals surface area contributed by atoms with E-state index in [0.29, 0.717) is 37.0 Å². The number of aromatic nitrogens is 2. The highest BCUT2D eigenvalue weighted by atomic mass is 32.1. The predicted molar refractivity (Wildman–Crippen MR) is 130 cm³/mol. The zero-order chi connectivity index (χ0) is 24.8. The maximum atomic E-state index is 12.7. The fraction of sp³-hybridized carbons (Fsp3) is 0.333. The third kappa shape index (κ3) is 6.37. The average molecular weight is 502 g/mol. The third-order valence-corrected chi connectivity index (χ3v) is 6.35. The Morgan fingerprint density at radius 1 is 1.14 bits per heavy atom. The molecule has 0 bridgehead atoms. The molecular formula is C24H25F2N5O3S. The molecule has 1 aliphatic heterocycles. The first-order valence-electron chi connectivity index (χ1n) is 11.1. The molecule has 3 aromatic rings. The number of hydrogen-bond acceptors (Lipinski definition) is 7. The van der Waals surface area contributed by atoms with Crippen LogP contribution in [0.4, 0.5) is 19.6 Å². The normalized spacial score (nSPS) is 13.8. The smallest absolute Gasteiger partial charge is 0.276 e. The van der Waals surface area contributed by atoms with E-state index in [2.05, 4.69) is 20.2 Å². The summed E-state index contributed by atoms with van der Waals surface area (Å²) < 4.78 is 29.8. The minimum absolute atomic E-state index is 0.0415. The fourth-order valence-corrected chi connectivity index (χ4v) is 4.46. The molecule has 2 amide bonds. The molecule has 3 heterocycles. The summed E-state index contributed by atoms with van der Waals surface area (Å²) in [5, 5.41) is 4.95. The van der Waals surface area contributed by atoms with Crippen molar-refractivity contribution in [2.75, 3.05) is 43.0 Å². The van der Waals surface area contributed by atoms with Crippen molar-refractivity contribution in [1.82, 2.24) is 14.9 Å². The number of alkyl halides is 2. The van der Waals surface area contributed by atoms with E-state index in [-0.39, 0.29) is 24.1 Å². The van der Waals surface area contributed by atoms with Crippen molar-refractivity contribution in [1.29, 1.82) is 0 Å². The summed E-state index contributed by atoms with van der Waals surface area (Å²) in [5.74, 6) is -0.309. The van der Waals surface area contributed by atoms with Crippen molar-refractivity contribution in [2.45, 2.75) is 20.0 Å². The number of thiazole rings is 1. The van der Waals surface area contributed by atoms with E-state index in [1.54, 1.807) is 36.7 Å². The van der Waals surface area contributed by atoms with Gasteiger partial charge in [-0.3, -0.25) is 14.9 Å². The SMILES string of the molecule is CC(=O)N1CCN(c2ccc(C(=O)Nc3nc(-c4ccccc4COCC(F)F)cs3)nc2)CC1. The van der Waals surface area contributed by atoms with E-state index in [0.717, 1.165) is 16.8 Å². The van der Waals surface area contributed by atoms with Crippen LogP contribution in [0.2, 0.25) is 0 Å².